The third-order valence-electron chi connectivity index (χ3n) is 13.7. The smallest absolute Gasteiger partial charge is 0.397 e. The molecule has 428 valence electrons. The molecule has 0 amide bonds. The van der Waals surface area contributed by atoms with Crippen molar-refractivity contribution in [2.24, 2.45) is 0 Å². The average Bonchev–Trinajstić information content (AvgIpc) is 3.37. The maximum atomic E-state index is 13.0. The number of hydrogen-bond donors (Lipinski definition) is 4. The zero-order valence-electron chi connectivity index (χ0n) is 46.5. The van der Waals surface area contributed by atoms with Gasteiger partial charge in [0.2, 0.25) is 0 Å². The Kier molecular flexibility index (Phi) is 48.1. The second kappa shape index (κ2) is 50.9. The van der Waals surface area contributed by atoms with Crippen LogP contribution in [0.5, 0.6) is 0 Å². The summed E-state index contributed by atoms with van der Waals surface area (Å²) in [5.41, 5.74) is 0. The Morgan fingerprint density at radius 3 is 1.38 bits per heavy atom. The van der Waals surface area contributed by atoms with Gasteiger partial charge in [-0.05, 0) is 51.4 Å². The fourth-order valence-corrected chi connectivity index (χ4v) is 9.76. The molecule has 1 heterocycles. The first kappa shape index (κ1) is 69.1. The van der Waals surface area contributed by atoms with Gasteiger partial charge in [0, 0.05) is 13.0 Å². The van der Waals surface area contributed by atoms with Crippen molar-refractivity contribution in [1.29, 1.82) is 0 Å². The molecular weight excluding hydrogens is 945 g/mol. The summed E-state index contributed by atoms with van der Waals surface area (Å²) in [5, 5.41) is 30.9. The van der Waals surface area contributed by atoms with E-state index in [0.29, 0.717) is 13.0 Å². The molecule has 0 saturated carbocycles. The molecule has 6 unspecified atom stereocenters. The van der Waals surface area contributed by atoms with Crippen molar-refractivity contribution in [2.45, 2.75) is 301 Å². The number of allylic oxidation sites excluding steroid dienone is 8. The summed E-state index contributed by atoms with van der Waals surface area (Å²) in [6.45, 7) is 3.94. The predicted octanol–water partition coefficient (Wildman–Crippen LogP) is 15.0. The Labute approximate surface area is 446 Å². The number of carbonyl (C=O) groups is 1. The van der Waals surface area contributed by atoms with Crippen LogP contribution >= 0.6 is 0 Å². The molecule has 0 spiro atoms. The van der Waals surface area contributed by atoms with Gasteiger partial charge in [-0.1, -0.05) is 255 Å². The SMILES string of the molecule is CC/C=C\C/C=C\C/C=C\C/C=C\CCCCCCCCCCCCCCC(=O)OC(COCCCCCCCCCCCCCCCCCCCCCCC)COC1OC(CO)C(O)C(OS(=O)(=O)O)C1O. The highest BCUT2D eigenvalue weighted by Crippen LogP contribution is 2.26. The number of hydrogen-bond acceptors (Lipinski definition) is 11. The Hall–Kier alpha value is -1.94. The van der Waals surface area contributed by atoms with Crippen molar-refractivity contribution in [2.75, 3.05) is 26.4 Å². The van der Waals surface area contributed by atoms with E-state index in [1.54, 1.807) is 0 Å². The molecule has 73 heavy (non-hydrogen) atoms. The first-order valence-corrected chi connectivity index (χ1v) is 31.3. The highest BCUT2D eigenvalue weighted by Gasteiger charge is 2.48. The lowest BCUT2D eigenvalue weighted by molar-refractivity contribution is -0.301. The fraction of sp³-hybridized carbons (Fsp3) is 0.850. The Morgan fingerprint density at radius 1 is 0.534 bits per heavy atom. The highest BCUT2D eigenvalue weighted by atomic mass is 32.3. The topological polar surface area (TPSA) is 178 Å². The van der Waals surface area contributed by atoms with Gasteiger partial charge in [0.05, 0.1) is 19.8 Å². The van der Waals surface area contributed by atoms with E-state index in [4.69, 9.17) is 18.9 Å². The third-order valence-corrected chi connectivity index (χ3v) is 14.2. The molecule has 1 rings (SSSR count). The van der Waals surface area contributed by atoms with Gasteiger partial charge >= 0.3 is 16.4 Å². The number of ether oxygens (including phenoxy) is 4. The minimum atomic E-state index is -5.07. The van der Waals surface area contributed by atoms with Crippen molar-refractivity contribution in [3.8, 4) is 0 Å². The number of aliphatic hydroxyl groups is 3. The molecule has 1 aliphatic rings. The molecule has 1 saturated heterocycles. The maximum Gasteiger partial charge on any atom is 0.397 e. The summed E-state index contributed by atoms with van der Waals surface area (Å²) >= 11 is 0. The maximum absolute atomic E-state index is 13.0. The van der Waals surface area contributed by atoms with E-state index in [-0.39, 0.29) is 19.6 Å². The molecule has 6 atom stereocenters. The number of carbonyl (C=O) groups excluding carboxylic acids is 1. The standard InChI is InChI=1S/C60H110O12S/c1-3-5-7-9-11-13-15-17-19-21-23-25-26-27-28-29-31-33-35-37-39-41-43-45-47-49-56(62)70-54(53-69-60-58(64)59(72-73(65,66)67)57(63)55(51-61)71-60)52-68-50-48-46-44-42-40-38-36-34-32-30-24-22-20-18-16-14-12-10-8-6-4-2/h5,7,11,13,17,19,23,25,54-55,57-61,63-64H,3-4,6,8-10,12,14-16,18,20-22,24,26-53H2,1-2H3,(H,65,66,67)/b7-5-,13-11-,19-17-,25-23-. The van der Waals surface area contributed by atoms with E-state index in [1.165, 1.54) is 173 Å². The summed E-state index contributed by atoms with van der Waals surface area (Å²) in [5.74, 6) is -0.397. The Morgan fingerprint density at radius 2 is 0.945 bits per heavy atom. The zero-order chi connectivity index (χ0) is 53.1. The van der Waals surface area contributed by atoms with Gasteiger partial charge < -0.3 is 34.3 Å². The largest absolute Gasteiger partial charge is 0.457 e. The van der Waals surface area contributed by atoms with Crippen LogP contribution in [0.15, 0.2) is 48.6 Å². The molecule has 0 bridgehead atoms. The van der Waals surface area contributed by atoms with E-state index in [1.807, 2.05) is 0 Å². The van der Waals surface area contributed by atoms with Crippen molar-refractivity contribution in [1.82, 2.24) is 0 Å². The minimum Gasteiger partial charge on any atom is -0.457 e. The lowest BCUT2D eigenvalue weighted by Gasteiger charge is -2.41. The highest BCUT2D eigenvalue weighted by molar-refractivity contribution is 7.80. The molecule has 0 aliphatic carbocycles. The van der Waals surface area contributed by atoms with Gasteiger partial charge in [0.25, 0.3) is 0 Å². The summed E-state index contributed by atoms with van der Waals surface area (Å²) in [4.78, 5) is 13.0. The lowest BCUT2D eigenvalue weighted by atomic mass is 9.99. The molecule has 0 aromatic heterocycles. The number of esters is 1. The third kappa shape index (κ3) is 43.8. The van der Waals surface area contributed by atoms with Gasteiger partial charge in [-0.3, -0.25) is 9.35 Å². The van der Waals surface area contributed by atoms with Gasteiger partial charge in [0.1, 0.15) is 30.5 Å². The molecule has 0 aromatic carbocycles. The van der Waals surface area contributed by atoms with Crippen LogP contribution in [0.2, 0.25) is 0 Å². The van der Waals surface area contributed by atoms with Crippen LogP contribution in [0, 0.1) is 0 Å². The van der Waals surface area contributed by atoms with E-state index >= 15 is 0 Å². The number of aliphatic hydroxyl groups excluding tert-OH is 3. The predicted molar refractivity (Wildman–Crippen MR) is 299 cm³/mol. The lowest BCUT2D eigenvalue weighted by Crippen LogP contribution is -2.60. The molecule has 12 nitrogen and oxygen atoms in total. The van der Waals surface area contributed by atoms with Crippen LogP contribution in [0.1, 0.15) is 264 Å². The molecule has 0 aromatic rings. The van der Waals surface area contributed by atoms with Crippen LogP contribution in [0.25, 0.3) is 0 Å². The van der Waals surface area contributed by atoms with Crippen molar-refractivity contribution >= 4 is 16.4 Å². The quantitative estimate of drug-likeness (QED) is 0.0196. The van der Waals surface area contributed by atoms with E-state index in [2.05, 4.69) is 66.6 Å². The molecule has 0 radical (unpaired) electrons. The summed E-state index contributed by atoms with van der Waals surface area (Å²) in [6.07, 6.45) is 55.8. The fourth-order valence-electron chi connectivity index (χ4n) is 9.26. The summed E-state index contributed by atoms with van der Waals surface area (Å²) in [7, 11) is -5.07. The number of rotatable bonds is 53. The Balaban J connectivity index is 2.27. The van der Waals surface area contributed by atoms with Gasteiger partial charge in [-0.25, -0.2) is 4.18 Å². The normalized spacial score (nSPS) is 19.1. The van der Waals surface area contributed by atoms with Crippen LogP contribution in [0.4, 0.5) is 0 Å². The minimum absolute atomic E-state index is 0.0385. The molecule has 13 heteroatoms. The first-order chi connectivity index (χ1) is 35.6. The molecule has 1 aliphatic heterocycles. The average molecular weight is 1060 g/mol. The summed E-state index contributed by atoms with van der Waals surface area (Å²) in [6, 6.07) is 0. The Bertz CT molecular complexity index is 1450. The van der Waals surface area contributed by atoms with Crippen LogP contribution < -0.4 is 0 Å². The number of unbranched alkanes of at least 4 members (excludes halogenated alkanes) is 32. The van der Waals surface area contributed by atoms with Gasteiger partial charge in [-0.15, -0.1) is 0 Å². The molecule has 1 fully saturated rings. The van der Waals surface area contributed by atoms with Crippen molar-refractivity contribution in [3.63, 3.8) is 0 Å². The zero-order valence-corrected chi connectivity index (χ0v) is 47.3. The summed E-state index contributed by atoms with van der Waals surface area (Å²) < 4.78 is 59.5. The van der Waals surface area contributed by atoms with E-state index in [0.717, 1.165) is 64.2 Å². The van der Waals surface area contributed by atoms with Crippen molar-refractivity contribution < 1.29 is 56.2 Å². The van der Waals surface area contributed by atoms with Crippen LogP contribution in [-0.4, -0.2) is 97.5 Å². The molecule has 4 N–H and O–H groups in total. The van der Waals surface area contributed by atoms with E-state index in [9.17, 15) is 33.1 Å². The van der Waals surface area contributed by atoms with Gasteiger partial charge in [-0.2, -0.15) is 8.42 Å². The van der Waals surface area contributed by atoms with Crippen molar-refractivity contribution in [3.05, 3.63) is 48.6 Å². The van der Waals surface area contributed by atoms with Crippen LogP contribution in [0.3, 0.4) is 0 Å². The second-order valence-electron chi connectivity index (χ2n) is 20.6. The van der Waals surface area contributed by atoms with E-state index < -0.39 is 59.8 Å². The second-order valence-corrected chi connectivity index (χ2v) is 21.6. The monoisotopic (exact) mass is 1050 g/mol. The van der Waals surface area contributed by atoms with Crippen LogP contribution in [-0.2, 0) is 38.3 Å². The first-order valence-electron chi connectivity index (χ1n) is 29.9. The molecular formula is C60H110O12S. The van der Waals surface area contributed by atoms with Gasteiger partial charge in [0.15, 0.2) is 6.29 Å².